The van der Waals surface area contributed by atoms with Crippen LogP contribution in [-0.2, 0) is 14.0 Å². The van der Waals surface area contributed by atoms with Gasteiger partial charge >= 0.3 is 9.15 Å². The Balaban J connectivity index is 0.00000196. The van der Waals surface area contributed by atoms with Crippen LogP contribution >= 0.6 is 10.8 Å². The minimum Gasteiger partial charge on any atom is -0.396 e. The second-order valence-electron chi connectivity index (χ2n) is 2.91. The number of hydrogen-bond donors (Lipinski definition) is 1. The first-order valence-electron chi connectivity index (χ1n) is 4.37. The van der Waals surface area contributed by atoms with E-state index in [2.05, 4.69) is 5.16 Å². The number of rotatable bonds is 4. The van der Waals surface area contributed by atoms with Gasteiger partial charge in [0, 0.05) is 40.4 Å². The zero-order valence-electron chi connectivity index (χ0n) is 8.84. The van der Waals surface area contributed by atoms with Crippen molar-refractivity contribution in [2.45, 2.75) is 31.4 Å². The van der Waals surface area contributed by atoms with E-state index >= 15 is 0 Å². The van der Waals surface area contributed by atoms with Crippen molar-refractivity contribution in [3.05, 3.63) is 0 Å². The summed E-state index contributed by atoms with van der Waals surface area (Å²) in [4.78, 5) is 4.86. The molecule has 8 heteroatoms. The molecule has 1 saturated carbocycles. The minimum absolute atomic E-state index is 0. The van der Waals surface area contributed by atoms with Crippen LogP contribution in [-0.4, -0.2) is 60.1 Å². The summed E-state index contributed by atoms with van der Waals surface area (Å²) in [6, 6.07) is 0. The van der Waals surface area contributed by atoms with Gasteiger partial charge in [-0.3, -0.25) is 4.55 Å². The first-order valence-corrected chi connectivity index (χ1v) is 7.21. The molecule has 0 heterocycles. The smallest absolute Gasteiger partial charge is 0.320 e. The Morgan fingerprint density at radius 2 is 2.33 bits per heavy atom. The fraction of sp³-hybridized carbons (Fsp3) is 0.857. The molecular weight excluding hydrogens is 249 g/mol. The summed E-state index contributed by atoms with van der Waals surface area (Å²) in [6.45, 7) is 2.27. The number of oxime groups is 1. The molecule has 1 rings (SSSR count). The fourth-order valence-corrected chi connectivity index (χ4v) is 3.63. The van der Waals surface area contributed by atoms with Gasteiger partial charge in [0.2, 0.25) is 0 Å². The van der Waals surface area contributed by atoms with Crippen molar-refractivity contribution in [3.63, 3.8) is 0 Å². The summed E-state index contributed by atoms with van der Waals surface area (Å²) in [5.41, 5.74) is 0.717. The summed E-state index contributed by atoms with van der Waals surface area (Å²) in [5, 5.41) is 3.57. The van der Waals surface area contributed by atoms with E-state index < -0.39 is 9.15 Å². The molecule has 1 atom stereocenters. The largest absolute Gasteiger partial charge is 0.396 e. The molecule has 0 aliphatic heterocycles. The molecule has 5 nitrogen and oxygen atoms in total. The Kier molecular flexibility index (Phi) is 7.48. The van der Waals surface area contributed by atoms with Crippen molar-refractivity contribution >= 4 is 55.2 Å². The Hall–Kier alpha value is 0.730. The van der Waals surface area contributed by atoms with Gasteiger partial charge in [-0.05, 0) is 26.2 Å². The molecule has 1 aliphatic carbocycles. The van der Waals surface area contributed by atoms with Crippen molar-refractivity contribution in [1.29, 1.82) is 0 Å². The zero-order valence-corrected chi connectivity index (χ0v) is 12.5. The van der Waals surface area contributed by atoms with Gasteiger partial charge < -0.3 is 4.84 Å². The van der Waals surface area contributed by atoms with Gasteiger partial charge in [-0.25, -0.2) is 0 Å². The third kappa shape index (κ3) is 6.13. The molecule has 0 bridgehead atoms. The van der Waals surface area contributed by atoms with Crippen LogP contribution in [0.4, 0.5) is 0 Å². The fourth-order valence-electron chi connectivity index (χ4n) is 1.30. The quantitative estimate of drug-likeness (QED) is 0.355. The summed E-state index contributed by atoms with van der Waals surface area (Å²) in [5.74, 6) is 0. The molecule has 1 aliphatic rings. The molecule has 83 valence electrons. The molecule has 0 amide bonds. The van der Waals surface area contributed by atoms with Gasteiger partial charge in [-0.1, -0.05) is 5.16 Å². The average molecular weight is 262 g/mol. The molecule has 0 aromatic heterocycles. The summed E-state index contributed by atoms with van der Waals surface area (Å²) >= 11 is 0. The van der Waals surface area contributed by atoms with Crippen molar-refractivity contribution in [1.82, 2.24) is 0 Å². The third-order valence-corrected chi connectivity index (χ3v) is 4.23. The van der Waals surface area contributed by atoms with Crippen molar-refractivity contribution < 1.29 is 17.8 Å². The second kappa shape index (κ2) is 7.13. The van der Waals surface area contributed by atoms with E-state index in [9.17, 15) is 8.42 Å². The second-order valence-corrected chi connectivity index (χ2v) is 6.36. The predicted octanol–water partition coefficient (Wildman–Crippen LogP) is 1.09. The van der Waals surface area contributed by atoms with E-state index in [1.54, 1.807) is 0 Å². The van der Waals surface area contributed by atoms with Gasteiger partial charge in [0.25, 0.3) is 0 Å². The Bertz CT molecular complexity index is 317. The SMILES string of the molecule is CCON=C1CCCC1SS(=O)(=O)O.[Na]. The predicted molar refractivity (Wildman–Crippen MR) is 61.6 cm³/mol. The molecule has 0 aromatic rings. The average Bonchev–Trinajstić information content (AvgIpc) is 2.45. The van der Waals surface area contributed by atoms with Crippen LogP contribution in [0.5, 0.6) is 0 Å². The van der Waals surface area contributed by atoms with Crippen LogP contribution in [0.15, 0.2) is 5.16 Å². The van der Waals surface area contributed by atoms with Crippen molar-refractivity contribution in [3.8, 4) is 0 Å². The normalized spacial score (nSPS) is 23.9. The van der Waals surface area contributed by atoms with E-state index in [0.717, 1.165) is 25.0 Å². The first-order chi connectivity index (χ1) is 6.53. The molecule has 1 radical (unpaired) electrons. The molecule has 1 N–H and O–H groups in total. The molecule has 0 spiro atoms. The monoisotopic (exact) mass is 262 g/mol. The topological polar surface area (TPSA) is 76.0 Å². The van der Waals surface area contributed by atoms with E-state index in [1.165, 1.54) is 0 Å². The Morgan fingerprint density at radius 1 is 1.67 bits per heavy atom. The maximum atomic E-state index is 10.6. The molecule has 15 heavy (non-hydrogen) atoms. The summed E-state index contributed by atoms with van der Waals surface area (Å²) in [6.07, 6.45) is 2.35. The third-order valence-electron chi connectivity index (χ3n) is 1.82. The van der Waals surface area contributed by atoms with E-state index in [0.29, 0.717) is 17.4 Å². The van der Waals surface area contributed by atoms with Crippen molar-refractivity contribution in [2.24, 2.45) is 5.16 Å². The zero-order chi connectivity index (χ0) is 10.6. The van der Waals surface area contributed by atoms with Gasteiger partial charge in [-0.2, -0.15) is 8.42 Å². The van der Waals surface area contributed by atoms with Gasteiger partial charge in [0.1, 0.15) is 6.61 Å². The maximum Gasteiger partial charge on any atom is 0.320 e. The van der Waals surface area contributed by atoms with Crippen LogP contribution in [0.25, 0.3) is 0 Å². The first kappa shape index (κ1) is 15.7. The Labute approximate surface area is 115 Å². The summed E-state index contributed by atoms with van der Waals surface area (Å²) in [7, 11) is -3.45. The van der Waals surface area contributed by atoms with Crippen molar-refractivity contribution in [2.75, 3.05) is 6.61 Å². The molecule has 1 unspecified atom stereocenters. The standard InChI is InChI=1S/C7H13NO4S2.Na/c1-2-12-8-6-4-3-5-7(6)13-14(9,10)11;/h7H,2-5H2,1H3,(H,9,10,11);. The van der Waals surface area contributed by atoms with Gasteiger partial charge in [0.15, 0.2) is 0 Å². The molecule has 0 aromatic carbocycles. The molecule has 1 fully saturated rings. The van der Waals surface area contributed by atoms with E-state index in [-0.39, 0.29) is 34.8 Å². The van der Waals surface area contributed by atoms with Gasteiger partial charge in [-0.15, -0.1) is 0 Å². The van der Waals surface area contributed by atoms with Crippen LogP contribution in [0.3, 0.4) is 0 Å². The van der Waals surface area contributed by atoms with Crippen LogP contribution in [0.2, 0.25) is 0 Å². The number of hydrogen-bond acceptors (Lipinski definition) is 5. The van der Waals surface area contributed by atoms with E-state index in [4.69, 9.17) is 9.39 Å². The van der Waals surface area contributed by atoms with E-state index in [1.807, 2.05) is 6.92 Å². The van der Waals surface area contributed by atoms with Crippen LogP contribution in [0, 0.1) is 0 Å². The summed E-state index contributed by atoms with van der Waals surface area (Å²) < 4.78 is 29.9. The maximum absolute atomic E-state index is 10.6. The van der Waals surface area contributed by atoms with Crippen LogP contribution in [0.1, 0.15) is 26.2 Å². The van der Waals surface area contributed by atoms with Gasteiger partial charge in [0.05, 0.1) is 11.0 Å². The molecule has 0 saturated heterocycles. The number of nitrogens with zero attached hydrogens (tertiary/aromatic N) is 1. The minimum atomic E-state index is -3.99. The van der Waals surface area contributed by atoms with Crippen LogP contribution < -0.4 is 0 Å². The Morgan fingerprint density at radius 3 is 2.87 bits per heavy atom. The molecular formula is C7H13NNaO4S2.